The molecule has 0 saturated carbocycles. The zero-order valence-corrected chi connectivity index (χ0v) is 16.8. The van der Waals surface area contributed by atoms with E-state index in [1.807, 2.05) is 0 Å². The van der Waals surface area contributed by atoms with Gasteiger partial charge in [0.15, 0.2) is 5.96 Å². The number of halogens is 4. The molecule has 2 heterocycles. The molecule has 2 fully saturated rings. The van der Waals surface area contributed by atoms with Gasteiger partial charge in [0.05, 0.1) is 19.3 Å². The molecule has 0 aromatic heterocycles. The number of nitrogens with one attached hydrogen (secondary N) is 2. The van der Waals surface area contributed by atoms with Crippen molar-refractivity contribution in [1.29, 1.82) is 0 Å². The van der Waals surface area contributed by atoms with Gasteiger partial charge in [-0.1, -0.05) is 0 Å². The first kappa shape index (κ1) is 22.7. The Kier molecular flexibility index (Phi) is 10.4. The summed E-state index contributed by atoms with van der Waals surface area (Å²) in [6.45, 7) is 2.78. The molecule has 2 N–H and O–H groups in total. The number of nitrogens with zero attached hydrogens (tertiary/aromatic N) is 2. The highest BCUT2D eigenvalue weighted by molar-refractivity contribution is 14.0. The van der Waals surface area contributed by atoms with Crippen molar-refractivity contribution in [2.45, 2.75) is 37.6 Å². The van der Waals surface area contributed by atoms with Crippen molar-refractivity contribution in [3.63, 3.8) is 0 Å². The van der Waals surface area contributed by atoms with Crippen LogP contribution in [0.25, 0.3) is 0 Å². The molecular formula is C15H28F3IN4O2. The minimum atomic E-state index is -4.14. The van der Waals surface area contributed by atoms with E-state index in [0.717, 1.165) is 19.4 Å². The normalized spacial score (nSPS) is 25.0. The standard InChI is InChI=1S/C15H27F3N4O2.HI/c1-19-14(20-5-2-7-24-13-4-8-23-10-13)21-12-3-6-22(9-12)11-15(16,17)18;/h12-13H,2-11H2,1H3,(H2,19,20,21);1H. The summed E-state index contributed by atoms with van der Waals surface area (Å²) in [5.74, 6) is 0.623. The summed E-state index contributed by atoms with van der Waals surface area (Å²) in [6, 6.07) is -0.00885. The number of hydrogen-bond acceptors (Lipinski definition) is 4. The Hall–Kier alpha value is -0.330. The van der Waals surface area contributed by atoms with Gasteiger partial charge in [-0.3, -0.25) is 9.89 Å². The Morgan fingerprint density at radius 1 is 1.36 bits per heavy atom. The molecule has 10 heteroatoms. The molecule has 25 heavy (non-hydrogen) atoms. The van der Waals surface area contributed by atoms with E-state index in [4.69, 9.17) is 9.47 Å². The summed E-state index contributed by atoms with van der Waals surface area (Å²) >= 11 is 0. The molecule has 2 rings (SSSR count). The summed E-state index contributed by atoms with van der Waals surface area (Å²) in [4.78, 5) is 5.54. The second-order valence-electron chi connectivity index (χ2n) is 6.19. The number of rotatable bonds is 7. The number of hydrogen-bond donors (Lipinski definition) is 2. The molecule has 0 aliphatic carbocycles. The van der Waals surface area contributed by atoms with E-state index < -0.39 is 12.7 Å². The van der Waals surface area contributed by atoms with Crippen LogP contribution >= 0.6 is 24.0 Å². The number of guanidine groups is 1. The lowest BCUT2D eigenvalue weighted by molar-refractivity contribution is -0.143. The van der Waals surface area contributed by atoms with Crippen molar-refractivity contribution in [2.24, 2.45) is 4.99 Å². The number of ether oxygens (including phenoxy) is 2. The SMILES string of the molecule is CN=C(NCCCOC1CCOC1)NC1CCN(CC(F)(F)F)C1.I. The van der Waals surface area contributed by atoms with Gasteiger partial charge in [-0.25, -0.2) is 0 Å². The highest BCUT2D eigenvalue weighted by Gasteiger charge is 2.34. The summed E-state index contributed by atoms with van der Waals surface area (Å²) in [5.41, 5.74) is 0. The first-order valence-corrected chi connectivity index (χ1v) is 8.42. The van der Waals surface area contributed by atoms with Crippen LogP contribution < -0.4 is 10.6 Å². The predicted octanol–water partition coefficient (Wildman–Crippen LogP) is 1.60. The molecule has 2 unspecified atom stereocenters. The molecule has 2 atom stereocenters. The van der Waals surface area contributed by atoms with Crippen molar-refractivity contribution >= 4 is 29.9 Å². The first-order chi connectivity index (χ1) is 11.5. The largest absolute Gasteiger partial charge is 0.401 e. The van der Waals surface area contributed by atoms with Gasteiger partial charge in [0.1, 0.15) is 0 Å². The Balaban J connectivity index is 0.00000312. The minimum absolute atomic E-state index is 0. The minimum Gasteiger partial charge on any atom is -0.379 e. The highest BCUT2D eigenvalue weighted by atomic mass is 127. The summed E-state index contributed by atoms with van der Waals surface area (Å²) < 4.78 is 48.1. The monoisotopic (exact) mass is 480 g/mol. The molecule has 0 amide bonds. The molecule has 2 aliphatic heterocycles. The van der Waals surface area contributed by atoms with Crippen LogP contribution in [0.15, 0.2) is 4.99 Å². The zero-order chi connectivity index (χ0) is 17.4. The van der Waals surface area contributed by atoms with Crippen LogP contribution in [0.4, 0.5) is 13.2 Å². The Morgan fingerprint density at radius 2 is 2.16 bits per heavy atom. The van der Waals surface area contributed by atoms with Gasteiger partial charge in [0, 0.05) is 45.9 Å². The molecule has 2 saturated heterocycles. The van der Waals surface area contributed by atoms with Crippen molar-refractivity contribution in [1.82, 2.24) is 15.5 Å². The fraction of sp³-hybridized carbons (Fsp3) is 0.933. The van der Waals surface area contributed by atoms with Gasteiger partial charge in [-0.2, -0.15) is 13.2 Å². The molecule has 148 valence electrons. The van der Waals surface area contributed by atoms with E-state index in [2.05, 4.69) is 15.6 Å². The van der Waals surface area contributed by atoms with Crippen LogP contribution in [0, 0.1) is 0 Å². The maximum absolute atomic E-state index is 12.4. The van der Waals surface area contributed by atoms with E-state index in [0.29, 0.717) is 45.2 Å². The van der Waals surface area contributed by atoms with Gasteiger partial charge in [0.25, 0.3) is 0 Å². The second-order valence-corrected chi connectivity index (χ2v) is 6.19. The molecule has 0 bridgehead atoms. The molecule has 0 aromatic carbocycles. The topological polar surface area (TPSA) is 58.1 Å². The maximum Gasteiger partial charge on any atom is 0.401 e. The second kappa shape index (κ2) is 11.4. The fourth-order valence-electron chi connectivity index (χ4n) is 2.91. The third kappa shape index (κ3) is 9.25. The predicted molar refractivity (Wildman–Crippen MR) is 101 cm³/mol. The molecule has 2 aliphatic rings. The lowest BCUT2D eigenvalue weighted by Gasteiger charge is -2.20. The molecule has 0 aromatic rings. The molecule has 0 spiro atoms. The Labute approximate surface area is 163 Å². The number of aliphatic imine (C=N–C) groups is 1. The van der Waals surface area contributed by atoms with Crippen molar-refractivity contribution in [3.05, 3.63) is 0 Å². The quantitative estimate of drug-likeness (QED) is 0.251. The van der Waals surface area contributed by atoms with Gasteiger partial charge in [-0.15, -0.1) is 24.0 Å². The van der Waals surface area contributed by atoms with E-state index in [1.165, 1.54) is 4.90 Å². The number of alkyl halides is 3. The molecule has 6 nitrogen and oxygen atoms in total. The van der Waals surface area contributed by atoms with Crippen LogP contribution in [0.3, 0.4) is 0 Å². The molecule has 0 radical (unpaired) electrons. The summed E-state index contributed by atoms with van der Waals surface area (Å²) in [7, 11) is 1.66. The highest BCUT2D eigenvalue weighted by Crippen LogP contribution is 2.19. The van der Waals surface area contributed by atoms with Crippen LogP contribution in [-0.2, 0) is 9.47 Å². The summed E-state index contributed by atoms with van der Waals surface area (Å²) in [6.07, 6.45) is -1.46. The first-order valence-electron chi connectivity index (χ1n) is 8.42. The van der Waals surface area contributed by atoms with Crippen molar-refractivity contribution in [2.75, 3.05) is 53.0 Å². The lowest BCUT2D eigenvalue weighted by Crippen LogP contribution is -2.45. The lowest BCUT2D eigenvalue weighted by atomic mass is 10.3. The van der Waals surface area contributed by atoms with Gasteiger partial charge in [-0.05, 0) is 19.3 Å². The van der Waals surface area contributed by atoms with Crippen LogP contribution in [0.1, 0.15) is 19.3 Å². The van der Waals surface area contributed by atoms with Gasteiger partial charge >= 0.3 is 6.18 Å². The van der Waals surface area contributed by atoms with Crippen molar-refractivity contribution < 1.29 is 22.6 Å². The Bertz CT molecular complexity index is 407. The summed E-state index contributed by atoms with van der Waals surface area (Å²) in [5, 5.41) is 6.35. The van der Waals surface area contributed by atoms with Crippen LogP contribution in [-0.4, -0.2) is 82.2 Å². The fourth-order valence-corrected chi connectivity index (χ4v) is 2.91. The third-order valence-electron chi connectivity index (χ3n) is 4.09. The Morgan fingerprint density at radius 3 is 2.80 bits per heavy atom. The van der Waals surface area contributed by atoms with E-state index in [-0.39, 0.29) is 36.1 Å². The molecular weight excluding hydrogens is 452 g/mol. The van der Waals surface area contributed by atoms with Crippen molar-refractivity contribution in [3.8, 4) is 0 Å². The van der Waals surface area contributed by atoms with Gasteiger partial charge < -0.3 is 20.1 Å². The average molecular weight is 480 g/mol. The van der Waals surface area contributed by atoms with E-state index in [9.17, 15) is 13.2 Å². The van der Waals surface area contributed by atoms with E-state index in [1.54, 1.807) is 7.05 Å². The zero-order valence-electron chi connectivity index (χ0n) is 14.5. The smallest absolute Gasteiger partial charge is 0.379 e. The third-order valence-corrected chi connectivity index (χ3v) is 4.09. The van der Waals surface area contributed by atoms with Crippen LogP contribution in [0.5, 0.6) is 0 Å². The average Bonchev–Trinajstić information content (AvgIpc) is 3.16. The maximum atomic E-state index is 12.4. The van der Waals surface area contributed by atoms with E-state index >= 15 is 0 Å². The van der Waals surface area contributed by atoms with Gasteiger partial charge in [0.2, 0.25) is 0 Å². The number of likely N-dealkylation sites (tertiary alicyclic amines) is 1. The van der Waals surface area contributed by atoms with Crippen LogP contribution in [0.2, 0.25) is 0 Å².